The number of rotatable bonds is 24. The number of carbonyl (C=O) groups is 4. The van der Waals surface area contributed by atoms with E-state index in [1.807, 2.05) is 11.0 Å². The molecule has 0 saturated carbocycles. The Hall–Kier alpha value is -0.210. The molecule has 0 spiro atoms. The van der Waals surface area contributed by atoms with Crippen molar-refractivity contribution in [1.29, 1.82) is 0 Å². The zero-order valence-electron chi connectivity index (χ0n) is 28.5. The van der Waals surface area contributed by atoms with E-state index in [-0.39, 0.29) is 74.8 Å². The van der Waals surface area contributed by atoms with Crippen LogP contribution in [0.5, 0.6) is 0 Å². The van der Waals surface area contributed by atoms with Crippen molar-refractivity contribution >= 4 is 33.9 Å². The Bertz CT molecular complexity index is 842. The minimum absolute atomic E-state index is 0. The van der Waals surface area contributed by atoms with Crippen molar-refractivity contribution in [2.24, 2.45) is 0 Å². The molecular weight excluding hydrogens is 586 g/mol. The zero-order chi connectivity index (χ0) is 30.1. The summed E-state index contributed by atoms with van der Waals surface area (Å²) in [5.41, 5.74) is 3.76. The average molecular weight is 641 g/mol. The predicted molar refractivity (Wildman–Crippen MR) is 154 cm³/mol. The van der Waals surface area contributed by atoms with Crippen molar-refractivity contribution in [3.05, 3.63) is 0 Å². The molecule has 0 rings (SSSR count). The second-order valence-electron chi connectivity index (χ2n) is 10.3. The van der Waals surface area contributed by atoms with Gasteiger partial charge in [0.2, 0.25) is 0 Å². The molecule has 14 heteroatoms. The summed E-state index contributed by atoms with van der Waals surface area (Å²) in [4.78, 5) is 56.9. The standard InChI is InChI=1S/C28H52N2O9S.2Na.2H/c1-3-5-7-9-11-13-15-17-19-21-25(31)29-38-27(33)23-24(40(35,36)37)28(34)39-30-26(32)22-20-18-16-14-12-10-8-6-4-2;;;;/h24H,3-23H2,1-2H3,(H,29,31)(H,30,32)(H,35,36,37);;;;/q;2*+1;2*-1. The second kappa shape index (κ2) is 30.8. The Morgan fingerprint density at radius 3 is 1.31 bits per heavy atom. The molecule has 0 bridgehead atoms. The van der Waals surface area contributed by atoms with Gasteiger partial charge in [-0.2, -0.15) is 19.4 Å². The summed E-state index contributed by atoms with van der Waals surface area (Å²) in [6, 6.07) is 0. The van der Waals surface area contributed by atoms with Crippen LogP contribution in [0.3, 0.4) is 0 Å². The SMILES string of the molecule is CCCCCCCCCCCC(=O)NOC(=O)CC(C(=O)ONC(=O)CCCCCCCCCCC)S(=O)(=O)O.[H-].[H-].[Na+].[Na+]. The Morgan fingerprint density at radius 1 is 0.619 bits per heavy atom. The number of hydroxylamine groups is 2. The fourth-order valence-corrected chi connectivity index (χ4v) is 4.72. The van der Waals surface area contributed by atoms with Gasteiger partial charge in [-0.3, -0.25) is 14.1 Å². The maximum absolute atomic E-state index is 12.1. The molecule has 1 atom stereocenters. The van der Waals surface area contributed by atoms with Crippen molar-refractivity contribution in [1.82, 2.24) is 11.0 Å². The molecule has 0 saturated heterocycles. The number of hydrogen-bond acceptors (Lipinski definition) is 8. The van der Waals surface area contributed by atoms with Gasteiger partial charge in [-0.05, 0) is 12.8 Å². The quantitative estimate of drug-likeness (QED) is 0.0564. The first-order valence-electron chi connectivity index (χ1n) is 15.1. The molecule has 0 radical (unpaired) electrons. The first-order valence-corrected chi connectivity index (χ1v) is 16.6. The van der Waals surface area contributed by atoms with Crippen LogP contribution >= 0.6 is 0 Å². The number of amides is 2. The van der Waals surface area contributed by atoms with Gasteiger partial charge in [0.25, 0.3) is 21.9 Å². The Morgan fingerprint density at radius 2 is 0.952 bits per heavy atom. The molecule has 0 heterocycles. The smallest absolute Gasteiger partial charge is 1.00 e. The third kappa shape index (κ3) is 28.6. The molecule has 0 aliphatic heterocycles. The van der Waals surface area contributed by atoms with Gasteiger partial charge in [0.05, 0.1) is 6.42 Å². The van der Waals surface area contributed by atoms with Crippen LogP contribution in [0.1, 0.15) is 152 Å². The van der Waals surface area contributed by atoms with Crippen molar-refractivity contribution in [2.45, 2.75) is 154 Å². The van der Waals surface area contributed by atoms with Crippen LogP contribution < -0.4 is 70.1 Å². The van der Waals surface area contributed by atoms with Gasteiger partial charge in [-0.1, -0.05) is 117 Å². The predicted octanol–water partition coefficient (Wildman–Crippen LogP) is -0.143. The molecule has 0 aromatic rings. The Kier molecular flexibility index (Phi) is 33.9. The molecule has 0 aromatic carbocycles. The van der Waals surface area contributed by atoms with Crippen molar-refractivity contribution in [2.75, 3.05) is 0 Å². The van der Waals surface area contributed by atoms with Gasteiger partial charge in [-0.25, -0.2) is 9.59 Å². The molecule has 1 unspecified atom stereocenters. The van der Waals surface area contributed by atoms with Gasteiger partial charge in [0.15, 0.2) is 5.25 Å². The van der Waals surface area contributed by atoms with Crippen LogP contribution in [0.25, 0.3) is 0 Å². The van der Waals surface area contributed by atoms with Gasteiger partial charge < -0.3 is 12.5 Å². The van der Waals surface area contributed by atoms with E-state index < -0.39 is 45.5 Å². The second-order valence-corrected chi connectivity index (χ2v) is 11.9. The van der Waals surface area contributed by atoms with Crippen molar-refractivity contribution in [3.8, 4) is 0 Å². The van der Waals surface area contributed by atoms with Crippen LogP contribution in [0, 0.1) is 0 Å². The molecular formula is C28H54N2Na2O9S. The first kappa shape index (κ1) is 46.2. The molecule has 0 aliphatic rings. The fourth-order valence-electron chi connectivity index (χ4n) is 4.08. The summed E-state index contributed by atoms with van der Waals surface area (Å²) in [6.45, 7) is 4.34. The largest absolute Gasteiger partial charge is 1.00 e. The third-order valence-corrected chi connectivity index (χ3v) is 7.61. The van der Waals surface area contributed by atoms with E-state index >= 15 is 0 Å². The Balaban J connectivity index is -0.00000127. The summed E-state index contributed by atoms with van der Waals surface area (Å²) in [7, 11) is -5.05. The van der Waals surface area contributed by atoms with Gasteiger partial charge >= 0.3 is 71.1 Å². The monoisotopic (exact) mass is 640 g/mol. The molecule has 11 nitrogen and oxygen atoms in total. The summed E-state index contributed by atoms with van der Waals surface area (Å²) in [5.74, 6) is -4.00. The summed E-state index contributed by atoms with van der Waals surface area (Å²) in [6.07, 6.45) is 18.3. The molecule has 0 fully saturated rings. The third-order valence-electron chi connectivity index (χ3n) is 6.53. The maximum atomic E-state index is 12.1. The topological polar surface area (TPSA) is 165 Å². The number of carbonyl (C=O) groups excluding carboxylic acids is 4. The van der Waals surface area contributed by atoms with Crippen LogP contribution in [-0.4, -0.2) is 42.0 Å². The van der Waals surface area contributed by atoms with Crippen LogP contribution in [0.15, 0.2) is 0 Å². The van der Waals surface area contributed by atoms with Gasteiger partial charge in [0.1, 0.15) is 0 Å². The maximum Gasteiger partial charge on any atom is 1.00 e. The van der Waals surface area contributed by atoms with Crippen molar-refractivity contribution in [3.63, 3.8) is 0 Å². The normalized spacial score (nSPS) is 11.4. The number of nitrogens with one attached hydrogen (secondary N) is 2. The van der Waals surface area contributed by atoms with E-state index in [9.17, 15) is 32.1 Å². The summed E-state index contributed by atoms with van der Waals surface area (Å²) >= 11 is 0. The molecule has 0 aromatic heterocycles. The van der Waals surface area contributed by atoms with E-state index in [4.69, 9.17) is 0 Å². The number of hydrogen-bond donors (Lipinski definition) is 3. The number of unbranched alkanes of at least 4 members (excludes halogenated alkanes) is 16. The zero-order valence-corrected chi connectivity index (χ0v) is 31.4. The molecule has 0 aliphatic carbocycles. The minimum atomic E-state index is -5.05. The van der Waals surface area contributed by atoms with Crippen molar-refractivity contribution < 1.29 is 104 Å². The van der Waals surface area contributed by atoms with E-state index in [1.165, 1.54) is 57.8 Å². The van der Waals surface area contributed by atoms with Crippen LogP contribution in [0.4, 0.5) is 0 Å². The average Bonchev–Trinajstić information content (AvgIpc) is 2.91. The summed E-state index contributed by atoms with van der Waals surface area (Å²) < 4.78 is 32.5. The molecule has 3 N–H and O–H groups in total. The Labute approximate surface area is 300 Å². The molecule has 238 valence electrons. The molecule has 2 amide bonds. The van der Waals surface area contributed by atoms with Crippen LogP contribution in [-0.2, 0) is 39.0 Å². The van der Waals surface area contributed by atoms with Gasteiger partial charge in [-0.15, -0.1) is 0 Å². The molecule has 42 heavy (non-hydrogen) atoms. The van der Waals surface area contributed by atoms with E-state index in [2.05, 4.69) is 23.5 Å². The van der Waals surface area contributed by atoms with E-state index in [1.54, 1.807) is 0 Å². The first-order chi connectivity index (χ1) is 19.1. The van der Waals surface area contributed by atoms with Crippen LogP contribution in [0.2, 0.25) is 0 Å². The van der Waals surface area contributed by atoms with E-state index in [0.29, 0.717) is 12.8 Å². The minimum Gasteiger partial charge on any atom is -1.00 e. The van der Waals surface area contributed by atoms with E-state index in [0.717, 1.165) is 44.9 Å². The summed E-state index contributed by atoms with van der Waals surface area (Å²) in [5, 5.41) is -2.32. The fraction of sp³-hybridized carbons (Fsp3) is 0.857. The van der Waals surface area contributed by atoms with Gasteiger partial charge in [0, 0.05) is 12.8 Å².